The largest absolute Gasteiger partial charge is 0.240 e. The Hall–Kier alpha value is -0.100. The summed E-state index contributed by atoms with van der Waals surface area (Å²) in [6.45, 7) is 2.76. The van der Waals surface area contributed by atoms with Crippen LogP contribution in [0.25, 0.3) is 0 Å². The number of nitrogens with one attached hydrogen (secondary N) is 1. The van der Waals surface area contributed by atoms with E-state index in [1.807, 2.05) is 0 Å². The summed E-state index contributed by atoms with van der Waals surface area (Å²) >= 11 is 9.15. The van der Waals surface area contributed by atoms with Crippen LogP contribution in [0.1, 0.15) is 39.0 Å². The number of hydrogen-bond donors (Lipinski definition) is 1. The number of sulfonamides is 1. The Balaban J connectivity index is 1.94. The molecule has 1 aliphatic rings. The Morgan fingerprint density at radius 2 is 1.86 bits per heavy atom. The Morgan fingerprint density at radius 3 is 2.43 bits per heavy atom. The van der Waals surface area contributed by atoms with Crippen molar-refractivity contribution in [2.75, 3.05) is 6.54 Å². The minimum Gasteiger partial charge on any atom is -0.211 e. The first-order valence-electron chi connectivity index (χ1n) is 7.37. The molecule has 1 N–H and O–H groups in total. The van der Waals surface area contributed by atoms with Crippen molar-refractivity contribution < 1.29 is 8.42 Å². The highest BCUT2D eigenvalue weighted by Crippen LogP contribution is 2.30. The molecule has 0 saturated heterocycles. The number of halogens is 2. The summed E-state index contributed by atoms with van der Waals surface area (Å²) in [5.41, 5.74) is 0. The first kappa shape index (κ1) is 17.3. The minimum absolute atomic E-state index is 0.251. The summed E-state index contributed by atoms with van der Waals surface area (Å²) in [6, 6.07) is 4.66. The van der Waals surface area contributed by atoms with Crippen molar-refractivity contribution in [3.05, 3.63) is 27.7 Å². The molecular formula is C15H21BrClNO2S. The molecule has 3 nitrogen and oxygen atoms in total. The molecular weight excluding hydrogens is 374 g/mol. The molecule has 0 spiro atoms. The van der Waals surface area contributed by atoms with E-state index in [-0.39, 0.29) is 4.90 Å². The van der Waals surface area contributed by atoms with Crippen molar-refractivity contribution in [2.24, 2.45) is 11.8 Å². The topological polar surface area (TPSA) is 46.2 Å². The molecule has 1 fully saturated rings. The lowest BCUT2D eigenvalue weighted by Crippen LogP contribution is -2.31. The molecule has 0 heterocycles. The van der Waals surface area contributed by atoms with Crippen molar-refractivity contribution in [3.63, 3.8) is 0 Å². The maximum atomic E-state index is 12.3. The Kier molecular flexibility index (Phi) is 6.12. The molecule has 0 aliphatic heterocycles. The second kappa shape index (κ2) is 7.44. The van der Waals surface area contributed by atoms with Gasteiger partial charge in [0.1, 0.15) is 0 Å². The van der Waals surface area contributed by atoms with Crippen LogP contribution in [0.15, 0.2) is 27.6 Å². The van der Waals surface area contributed by atoms with E-state index in [0.29, 0.717) is 22.0 Å². The third-order valence-corrected chi connectivity index (χ3v) is 6.94. The molecule has 1 saturated carbocycles. The number of benzene rings is 1. The highest BCUT2D eigenvalue weighted by Gasteiger charge is 2.22. The molecule has 0 amide bonds. The minimum atomic E-state index is -3.46. The van der Waals surface area contributed by atoms with E-state index < -0.39 is 10.0 Å². The van der Waals surface area contributed by atoms with Gasteiger partial charge in [-0.2, -0.15) is 0 Å². The monoisotopic (exact) mass is 393 g/mol. The Morgan fingerprint density at radius 1 is 1.24 bits per heavy atom. The smallest absolute Gasteiger partial charge is 0.211 e. The second-order valence-corrected chi connectivity index (χ2v) is 8.75. The van der Waals surface area contributed by atoms with Crippen molar-refractivity contribution in [1.82, 2.24) is 4.72 Å². The van der Waals surface area contributed by atoms with Crippen LogP contribution in [0.4, 0.5) is 0 Å². The van der Waals surface area contributed by atoms with Gasteiger partial charge in [-0.1, -0.05) is 37.8 Å². The van der Waals surface area contributed by atoms with E-state index in [2.05, 4.69) is 27.6 Å². The van der Waals surface area contributed by atoms with E-state index in [9.17, 15) is 8.42 Å². The molecule has 1 aromatic carbocycles. The number of hydrogen-bond acceptors (Lipinski definition) is 2. The van der Waals surface area contributed by atoms with Gasteiger partial charge in [0.05, 0.1) is 9.92 Å². The lowest BCUT2D eigenvalue weighted by Gasteiger charge is -2.27. The molecule has 0 unspecified atom stereocenters. The average molecular weight is 395 g/mol. The third-order valence-electron chi connectivity index (χ3n) is 4.31. The van der Waals surface area contributed by atoms with Gasteiger partial charge in [0, 0.05) is 11.0 Å². The first-order valence-corrected chi connectivity index (χ1v) is 10.0. The van der Waals surface area contributed by atoms with Crippen molar-refractivity contribution in [1.29, 1.82) is 0 Å². The molecule has 0 radical (unpaired) electrons. The molecule has 0 aromatic heterocycles. The Labute approximate surface area is 140 Å². The second-order valence-electron chi connectivity index (χ2n) is 5.72. The average Bonchev–Trinajstić information content (AvgIpc) is 2.48. The summed E-state index contributed by atoms with van der Waals surface area (Å²) in [7, 11) is -3.46. The van der Waals surface area contributed by atoms with E-state index in [4.69, 9.17) is 11.6 Å². The summed E-state index contributed by atoms with van der Waals surface area (Å²) in [5.74, 6) is 1.28. The maximum Gasteiger partial charge on any atom is 0.240 e. The summed E-state index contributed by atoms with van der Waals surface area (Å²) < 4.78 is 27.9. The fourth-order valence-corrected chi connectivity index (χ4v) is 4.59. The molecule has 1 aliphatic carbocycles. The molecule has 1 aromatic rings. The molecule has 118 valence electrons. The molecule has 0 atom stereocenters. The zero-order chi connectivity index (χ0) is 15.5. The predicted molar refractivity (Wildman–Crippen MR) is 90.1 cm³/mol. The van der Waals surface area contributed by atoms with Gasteiger partial charge in [0.2, 0.25) is 10.0 Å². The van der Waals surface area contributed by atoms with Crippen LogP contribution in [0.5, 0.6) is 0 Å². The quantitative estimate of drug-likeness (QED) is 0.793. The van der Waals surface area contributed by atoms with Gasteiger partial charge in [0.25, 0.3) is 0 Å². The van der Waals surface area contributed by atoms with Crippen LogP contribution in [-0.2, 0) is 10.0 Å². The summed E-state index contributed by atoms with van der Waals surface area (Å²) in [5, 5.41) is 0.506. The van der Waals surface area contributed by atoms with Gasteiger partial charge in [-0.05, 0) is 58.8 Å². The predicted octanol–water partition coefficient (Wildman–Crippen LogP) is 4.60. The molecule has 21 heavy (non-hydrogen) atoms. The van der Waals surface area contributed by atoms with Crippen molar-refractivity contribution in [2.45, 2.75) is 43.9 Å². The lowest BCUT2D eigenvalue weighted by molar-refractivity contribution is 0.270. The van der Waals surface area contributed by atoms with Crippen LogP contribution in [0, 0.1) is 11.8 Å². The fraction of sp³-hybridized carbons (Fsp3) is 0.600. The van der Waals surface area contributed by atoms with Gasteiger partial charge >= 0.3 is 0 Å². The van der Waals surface area contributed by atoms with Gasteiger partial charge < -0.3 is 0 Å². The number of rotatable bonds is 5. The van der Waals surface area contributed by atoms with Gasteiger partial charge in [-0.25, -0.2) is 13.1 Å². The first-order chi connectivity index (χ1) is 9.92. The van der Waals surface area contributed by atoms with Crippen LogP contribution < -0.4 is 4.72 Å². The highest BCUT2D eigenvalue weighted by atomic mass is 79.9. The summed E-state index contributed by atoms with van der Waals surface area (Å²) in [6.07, 6.45) is 5.90. The Bertz CT molecular complexity index is 583. The zero-order valence-electron chi connectivity index (χ0n) is 12.1. The van der Waals surface area contributed by atoms with Crippen LogP contribution in [0.2, 0.25) is 5.02 Å². The van der Waals surface area contributed by atoms with E-state index in [1.165, 1.54) is 25.3 Å². The van der Waals surface area contributed by atoms with Gasteiger partial charge in [0.15, 0.2) is 0 Å². The van der Waals surface area contributed by atoms with Crippen LogP contribution in [-0.4, -0.2) is 15.0 Å². The SMILES string of the molecule is CCC1CCC(CNS(=O)(=O)c2ccc(Cl)c(Br)c2)CC1. The lowest BCUT2D eigenvalue weighted by atomic mass is 9.81. The normalized spacial score (nSPS) is 23.2. The maximum absolute atomic E-state index is 12.3. The van der Waals surface area contributed by atoms with Crippen LogP contribution in [0.3, 0.4) is 0 Å². The zero-order valence-corrected chi connectivity index (χ0v) is 15.3. The van der Waals surface area contributed by atoms with Crippen LogP contribution >= 0.6 is 27.5 Å². The van der Waals surface area contributed by atoms with Crippen molar-refractivity contribution in [3.8, 4) is 0 Å². The van der Waals surface area contributed by atoms with E-state index in [0.717, 1.165) is 18.8 Å². The van der Waals surface area contributed by atoms with Gasteiger partial charge in [-0.3, -0.25) is 0 Å². The molecule has 6 heteroatoms. The third kappa shape index (κ3) is 4.68. The van der Waals surface area contributed by atoms with Crippen molar-refractivity contribution >= 4 is 37.6 Å². The van der Waals surface area contributed by atoms with E-state index in [1.54, 1.807) is 12.1 Å². The van der Waals surface area contributed by atoms with E-state index >= 15 is 0 Å². The fourth-order valence-electron chi connectivity index (χ4n) is 2.80. The standard InChI is InChI=1S/C15H21BrClNO2S/c1-2-11-3-5-12(6-4-11)10-18-21(19,20)13-7-8-15(17)14(16)9-13/h7-9,11-12,18H,2-6,10H2,1H3. The highest BCUT2D eigenvalue weighted by molar-refractivity contribution is 9.10. The molecule has 2 rings (SSSR count). The summed E-state index contributed by atoms with van der Waals surface area (Å²) in [4.78, 5) is 0.251. The van der Waals surface area contributed by atoms with Gasteiger partial charge in [-0.15, -0.1) is 0 Å². The molecule has 0 bridgehead atoms.